The van der Waals surface area contributed by atoms with Crippen LogP contribution in [0.4, 0.5) is 0 Å². The lowest BCUT2D eigenvalue weighted by Gasteiger charge is -2.30. The van der Waals surface area contributed by atoms with E-state index >= 15 is 0 Å². The first-order valence-corrected chi connectivity index (χ1v) is 8.72. The van der Waals surface area contributed by atoms with E-state index in [-0.39, 0.29) is 5.91 Å². The highest BCUT2D eigenvalue weighted by Gasteiger charge is 2.21. The summed E-state index contributed by atoms with van der Waals surface area (Å²) in [6.45, 7) is 4.01. The molecule has 1 aromatic carbocycles. The number of H-pyrrole nitrogens is 1. The number of thioether (sulfide) groups is 1. The first kappa shape index (κ1) is 15.2. The van der Waals surface area contributed by atoms with E-state index in [9.17, 15) is 4.79 Å². The quantitative estimate of drug-likeness (QED) is 0.879. The van der Waals surface area contributed by atoms with Gasteiger partial charge in [-0.25, -0.2) is 4.98 Å². The lowest BCUT2D eigenvalue weighted by molar-refractivity contribution is -0.130. The predicted octanol–water partition coefficient (Wildman–Crippen LogP) is 3.43. The molecule has 1 aliphatic rings. The van der Waals surface area contributed by atoms with Gasteiger partial charge in [0, 0.05) is 13.1 Å². The van der Waals surface area contributed by atoms with E-state index in [0.717, 1.165) is 35.9 Å². The molecule has 1 atom stereocenters. The average Bonchev–Trinajstić information content (AvgIpc) is 3.02. The summed E-state index contributed by atoms with van der Waals surface area (Å²) in [4.78, 5) is 21.9. The van der Waals surface area contributed by atoms with Crippen LogP contribution in [0.15, 0.2) is 41.7 Å². The fourth-order valence-electron chi connectivity index (χ4n) is 2.78. The van der Waals surface area contributed by atoms with Crippen molar-refractivity contribution in [3.63, 3.8) is 0 Å². The van der Waals surface area contributed by atoms with Crippen LogP contribution in [0.5, 0.6) is 0 Å². The average molecular weight is 315 g/mol. The summed E-state index contributed by atoms with van der Waals surface area (Å²) >= 11 is 1.48. The van der Waals surface area contributed by atoms with Gasteiger partial charge < -0.3 is 9.88 Å². The summed E-state index contributed by atoms with van der Waals surface area (Å²) in [6.07, 6.45) is 4.18. The van der Waals surface area contributed by atoms with E-state index in [1.54, 1.807) is 0 Å². The van der Waals surface area contributed by atoms with Gasteiger partial charge in [-0.05, 0) is 24.3 Å². The molecule has 3 rings (SSSR count). The molecule has 0 spiro atoms. The van der Waals surface area contributed by atoms with Gasteiger partial charge in [0.2, 0.25) is 5.91 Å². The first-order valence-electron chi connectivity index (χ1n) is 7.73. The zero-order chi connectivity index (χ0) is 15.4. The maximum Gasteiger partial charge on any atom is 0.233 e. The summed E-state index contributed by atoms with van der Waals surface area (Å²) in [5, 5.41) is 0.803. The van der Waals surface area contributed by atoms with Crippen LogP contribution < -0.4 is 0 Å². The molecule has 0 aliphatic carbocycles. The number of imidazole rings is 1. The lowest BCUT2D eigenvalue weighted by Crippen LogP contribution is -2.40. The van der Waals surface area contributed by atoms with Crippen LogP contribution in [0.3, 0.4) is 0 Å². The van der Waals surface area contributed by atoms with Crippen molar-refractivity contribution in [2.75, 3.05) is 18.8 Å². The van der Waals surface area contributed by atoms with Crippen molar-refractivity contribution in [1.29, 1.82) is 0 Å². The van der Waals surface area contributed by atoms with E-state index in [4.69, 9.17) is 0 Å². The number of carbonyl (C=O) groups is 1. The van der Waals surface area contributed by atoms with Gasteiger partial charge in [-0.3, -0.25) is 4.79 Å². The Bertz CT molecular complexity index is 626. The second-order valence-corrected chi connectivity index (χ2v) is 6.81. The molecule has 2 heterocycles. The number of benzene rings is 1. The molecule has 1 aliphatic heterocycles. The second-order valence-electron chi connectivity index (χ2n) is 5.84. The number of nitrogens with one attached hydrogen (secondary N) is 1. The number of hydrogen-bond donors (Lipinski definition) is 1. The monoisotopic (exact) mass is 315 g/mol. The molecule has 116 valence electrons. The van der Waals surface area contributed by atoms with Gasteiger partial charge in [0.1, 0.15) is 0 Å². The molecule has 22 heavy (non-hydrogen) atoms. The van der Waals surface area contributed by atoms with Crippen LogP contribution in [-0.4, -0.2) is 39.6 Å². The third-order valence-electron chi connectivity index (χ3n) is 3.98. The van der Waals surface area contributed by atoms with Crippen LogP contribution in [0, 0.1) is 5.92 Å². The number of aromatic nitrogens is 2. The zero-order valence-electron chi connectivity index (χ0n) is 12.8. The molecule has 1 aromatic heterocycles. The minimum atomic E-state index is 0.217. The largest absolute Gasteiger partial charge is 0.342 e. The maximum atomic E-state index is 12.3. The number of piperidine rings is 1. The topological polar surface area (TPSA) is 49.0 Å². The fourth-order valence-corrected chi connectivity index (χ4v) is 3.53. The third kappa shape index (κ3) is 3.71. The predicted molar refractivity (Wildman–Crippen MR) is 89.7 cm³/mol. The Hall–Kier alpha value is -1.75. The summed E-state index contributed by atoms with van der Waals surface area (Å²) in [7, 11) is 0. The normalized spacial score (nSPS) is 18.4. The molecule has 1 unspecified atom stereocenters. The molecule has 4 nitrogen and oxygen atoms in total. The number of rotatable bonds is 4. The molecule has 0 saturated carbocycles. The van der Waals surface area contributed by atoms with Gasteiger partial charge in [0.15, 0.2) is 5.16 Å². The van der Waals surface area contributed by atoms with Crippen molar-refractivity contribution < 1.29 is 4.79 Å². The van der Waals surface area contributed by atoms with Gasteiger partial charge in [-0.15, -0.1) is 0 Å². The number of amides is 1. The summed E-state index contributed by atoms with van der Waals surface area (Å²) in [5.41, 5.74) is 2.10. The van der Waals surface area contributed by atoms with E-state index < -0.39 is 0 Å². The van der Waals surface area contributed by atoms with Crippen molar-refractivity contribution in [1.82, 2.24) is 14.9 Å². The van der Waals surface area contributed by atoms with E-state index in [0.29, 0.717) is 11.7 Å². The minimum Gasteiger partial charge on any atom is -0.342 e. The highest BCUT2D eigenvalue weighted by Crippen LogP contribution is 2.22. The Balaban J connectivity index is 1.56. The molecule has 1 amide bonds. The van der Waals surface area contributed by atoms with E-state index in [2.05, 4.69) is 16.9 Å². The van der Waals surface area contributed by atoms with Crippen LogP contribution in [0.1, 0.15) is 19.8 Å². The van der Waals surface area contributed by atoms with Crippen LogP contribution >= 0.6 is 11.8 Å². The molecule has 0 bridgehead atoms. The molecule has 2 aromatic rings. The number of aromatic amines is 1. The summed E-state index contributed by atoms with van der Waals surface area (Å²) in [5.74, 6) is 1.29. The standard InChI is InChI=1S/C17H21N3OS/c1-13-6-5-9-20(11-13)16(21)12-22-17-18-10-15(19-17)14-7-3-2-4-8-14/h2-4,7-8,10,13H,5-6,9,11-12H2,1H3,(H,18,19). The fraction of sp³-hybridized carbons (Fsp3) is 0.412. The highest BCUT2D eigenvalue weighted by molar-refractivity contribution is 7.99. The Kier molecular flexibility index (Phi) is 4.83. The number of carbonyl (C=O) groups excluding carboxylic acids is 1. The van der Waals surface area contributed by atoms with E-state index in [1.165, 1.54) is 18.2 Å². The van der Waals surface area contributed by atoms with Crippen LogP contribution in [-0.2, 0) is 4.79 Å². The van der Waals surface area contributed by atoms with Gasteiger partial charge >= 0.3 is 0 Å². The lowest BCUT2D eigenvalue weighted by atomic mass is 10.0. The molecule has 1 N–H and O–H groups in total. The maximum absolute atomic E-state index is 12.3. The summed E-state index contributed by atoms with van der Waals surface area (Å²) < 4.78 is 0. The third-order valence-corrected chi connectivity index (χ3v) is 4.85. The number of nitrogens with zero attached hydrogens (tertiary/aromatic N) is 2. The van der Waals surface area contributed by atoms with Crippen molar-refractivity contribution in [2.45, 2.75) is 24.9 Å². The van der Waals surface area contributed by atoms with Gasteiger partial charge in [0.05, 0.1) is 17.6 Å². The van der Waals surface area contributed by atoms with Crippen molar-refractivity contribution in [3.8, 4) is 11.3 Å². The van der Waals surface area contributed by atoms with Gasteiger partial charge in [-0.1, -0.05) is 49.0 Å². The first-order chi connectivity index (χ1) is 10.7. The van der Waals surface area contributed by atoms with Crippen molar-refractivity contribution in [2.24, 2.45) is 5.92 Å². The number of likely N-dealkylation sites (tertiary alicyclic amines) is 1. The Labute approximate surface area is 135 Å². The minimum absolute atomic E-state index is 0.217. The van der Waals surface area contributed by atoms with Crippen molar-refractivity contribution in [3.05, 3.63) is 36.5 Å². The highest BCUT2D eigenvalue weighted by atomic mass is 32.2. The molecular formula is C17H21N3OS. The van der Waals surface area contributed by atoms with E-state index in [1.807, 2.05) is 41.4 Å². The molecular weight excluding hydrogens is 294 g/mol. The zero-order valence-corrected chi connectivity index (χ0v) is 13.6. The smallest absolute Gasteiger partial charge is 0.233 e. The Morgan fingerprint density at radius 3 is 3.00 bits per heavy atom. The Morgan fingerprint density at radius 2 is 2.23 bits per heavy atom. The molecule has 1 saturated heterocycles. The van der Waals surface area contributed by atoms with Gasteiger partial charge in [0.25, 0.3) is 0 Å². The Morgan fingerprint density at radius 1 is 1.41 bits per heavy atom. The van der Waals surface area contributed by atoms with Gasteiger partial charge in [-0.2, -0.15) is 0 Å². The van der Waals surface area contributed by atoms with Crippen LogP contribution in [0.25, 0.3) is 11.3 Å². The SMILES string of the molecule is CC1CCCN(C(=O)CSc2ncc(-c3ccccc3)[nH]2)C1. The molecule has 1 fully saturated rings. The molecule has 5 heteroatoms. The summed E-state index contributed by atoms with van der Waals surface area (Å²) in [6, 6.07) is 10.1. The second kappa shape index (κ2) is 7.01. The number of hydrogen-bond acceptors (Lipinski definition) is 3. The van der Waals surface area contributed by atoms with Crippen LogP contribution in [0.2, 0.25) is 0 Å². The molecule has 0 radical (unpaired) electrons. The van der Waals surface area contributed by atoms with Crippen molar-refractivity contribution >= 4 is 17.7 Å².